The minimum Gasteiger partial charge on any atom is -0.465 e. The molecule has 114 valence electrons. The number of rotatable bonds is 6. The highest BCUT2D eigenvalue weighted by atomic mass is 28.3. The van der Waals surface area contributed by atoms with Crippen molar-refractivity contribution < 1.29 is 14.3 Å². The lowest BCUT2D eigenvalue weighted by Crippen LogP contribution is -2.27. The van der Waals surface area contributed by atoms with Crippen molar-refractivity contribution in [3.8, 4) is 6.07 Å². The summed E-state index contributed by atoms with van der Waals surface area (Å²) in [6.07, 6.45) is 1.35. The molecule has 0 aliphatic carbocycles. The van der Waals surface area contributed by atoms with Crippen LogP contribution in [0.25, 0.3) is 0 Å². The zero-order valence-electron chi connectivity index (χ0n) is 12.8. The van der Waals surface area contributed by atoms with E-state index in [0.717, 1.165) is 6.04 Å². The molecule has 0 atom stereocenters. The van der Waals surface area contributed by atoms with Crippen LogP contribution < -0.4 is 5.56 Å². The van der Waals surface area contributed by atoms with Gasteiger partial charge >= 0.3 is 5.97 Å². The standard InChI is InChI=1S/C14H20N2O4Si/c1-19-14(18)12-7-11(8-15)13(17)16(9-12)10-20-5-6-21(2,3)4/h7,9H,5-6,10H2,1-4H3. The monoisotopic (exact) mass is 308 g/mol. The maximum absolute atomic E-state index is 12.0. The van der Waals surface area contributed by atoms with Gasteiger partial charge in [0.1, 0.15) is 18.4 Å². The largest absolute Gasteiger partial charge is 0.465 e. The molecule has 0 aromatic carbocycles. The Labute approximate surface area is 124 Å². The molecule has 1 heterocycles. The van der Waals surface area contributed by atoms with Crippen molar-refractivity contribution in [3.63, 3.8) is 0 Å². The second-order valence-electron chi connectivity index (χ2n) is 5.87. The summed E-state index contributed by atoms with van der Waals surface area (Å²) in [4.78, 5) is 23.5. The third-order valence-corrected chi connectivity index (χ3v) is 4.56. The molecule has 0 aliphatic heterocycles. The SMILES string of the molecule is COC(=O)c1cc(C#N)c(=O)n(COCC[Si](C)(C)C)c1. The number of pyridine rings is 1. The molecule has 6 nitrogen and oxygen atoms in total. The van der Waals surface area contributed by atoms with E-state index in [-0.39, 0.29) is 17.9 Å². The molecule has 0 radical (unpaired) electrons. The van der Waals surface area contributed by atoms with E-state index in [2.05, 4.69) is 24.4 Å². The summed E-state index contributed by atoms with van der Waals surface area (Å²) in [5.41, 5.74) is -0.424. The van der Waals surface area contributed by atoms with Crippen molar-refractivity contribution in [1.29, 1.82) is 5.26 Å². The summed E-state index contributed by atoms with van der Waals surface area (Å²) < 4.78 is 11.3. The average molecular weight is 308 g/mol. The van der Waals surface area contributed by atoms with Crippen LogP contribution in [0.15, 0.2) is 17.1 Å². The number of ether oxygens (including phenoxy) is 2. The molecule has 7 heteroatoms. The maximum Gasteiger partial charge on any atom is 0.339 e. The van der Waals surface area contributed by atoms with E-state index in [9.17, 15) is 9.59 Å². The predicted molar refractivity (Wildman–Crippen MR) is 80.9 cm³/mol. The Hall–Kier alpha value is -1.91. The van der Waals surface area contributed by atoms with E-state index in [0.29, 0.717) is 6.61 Å². The molecular weight excluding hydrogens is 288 g/mol. The van der Waals surface area contributed by atoms with Crippen LogP contribution in [0.2, 0.25) is 25.7 Å². The van der Waals surface area contributed by atoms with Gasteiger partial charge < -0.3 is 9.47 Å². The highest BCUT2D eigenvalue weighted by Gasteiger charge is 2.14. The molecule has 21 heavy (non-hydrogen) atoms. The molecule has 0 bridgehead atoms. The van der Waals surface area contributed by atoms with Crippen LogP contribution in [-0.2, 0) is 16.2 Å². The Kier molecular flexibility index (Phi) is 5.87. The Morgan fingerprint density at radius 1 is 1.43 bits per heavy atom. The number of nitriles is 1. The molecule has 0 unspecified atom stereocenters. The number of methoxy groups -OCH3 is 1. The van der Waals surface area contributed by atoms with Crippen LogP contribution >= 0.6 is 0 Å². The van der Waals surface area contributed by atoms with Crippen molar-refractivity contribution in [2.75, 3.05) is 13.7 Å². The lowest BCUT2D eigenvalue weighted by Gasteiger charge is -2.16. The average Bonchev–Trinajstić information content (AvgIpc) is 2.43. The van der Waals surface area contributed by atoms with E-state index in [1.54, 1.807) is 6.07 Å². The van der Waals surface area contributed by atoms with Crippen LogP contribution in [0.5, 0.6) is 0 Å². The van der Waals surface area contributed by atoms with Gasteiger partial charge in [-0.25, -0.2) is 4.79 Å². The molecule has 1 aromatic rings. The first-order valence-corrected chi connectivity index (χ1v) is 10.3. The van der Waals surface area contributed by atoms with Crippen LogP contribution in [0.4, 0.5) is 0 Å². The smallest absolute Gasteiger partial charge is 0.339 e. The fourth-order valence-electron chi connectivity index (χ4n) is 1.58. The van der Waals surface area contributed by atoms with E-state index in [4.69, 9.17) is 10.00 Å². The van der Waals surface area contributed by atoms with E-state index in [1.807, 2.05) is 0 Å². The molecule has 1 aromatic heterocycles. The first-order valence-electron chi connectivity index (χ1n) is 6.59. The minimum absolute atomic E-state index is 0.0167. The lowest BCUT2D eigenvalue weighted by molar-refractivity contribution is 0.0595. The summed E-state index contributed by atoms with van der Waals surface area (Å²) in [5.74, 6) is -0.595. The molecular formula is C14H20N2O4Si. The number of carbonyl (C=O) groups excluding carboxylic acids is 1. The third kappa shape index (κ3) is 5.17. The second kappa shape index (κ2) is 7.20. The number of nitrogens with zero attached hydrogens (tertiary/aromatic N) is 2. The Balaban J connectivity index is 2.89. The molecule has 1 rings (SSSR count). The lowest BCUT2D eigenvalue weighted by atomic mass is 10.2. The predicted octanol–water partition coefficient (Wildman–Crippen LogP) is 1.82. The fourth-order valence-corrected chi connectivity index (χ4v) is 2.34. The maximum atomic E-state index is 12.0. The topological polar surface area (TPSA) is 81.3 Å². The quantitative estimate of drug-likeness (QED) is 0.455. The van der Waals surface area contributed by atoms with Gasteiger partial charge in [-0.15, -0.1) is 0 Å². The van der Waals surface area contributed by atoms with Crippen LogP contribution in [-0.4, -0.2) is 32.3 Å². The van der Waals surface area contributed by atoms with E-state index in [1.165, 1.54) is 23.9 Å². The summed E-state index contributed by atoms with van der Waals surface area (Å²) in [5, 5.41) is 8.95. The zero-order valence-corrected chi connectivity index (χ0v) is 13.8. The van der Waals surface area contributed by atoms with Gasteiger partial charge in [0.05, 0.1) is 12.7 Å². The first kappa shape index (κ1) is 17.1. The minimum atomic E-state index is -1.20. The van der Waals surface area contributed by atoms with Gasteiger partial charge in [-0.3, -0.25) is 9.36 Å². The third-order valence-electron chi connectivity index (χ3n) is 2.85. The van der Waals surface area contributed by atoms with Crippen molar-refractivity contribution in [3.05, 3.63) is 33.7 Å². The molecule has 0 amide bonds. The van der Waals surface area contributed by atoms with Gasteiger partial charge in [0.2, 0.25) is 0 Å². The van der Waals surface area contributed by atoms with Crippen molar-refractivity contribution >= 4 is 14.0 Å². The first-order chi connectivity index (χ1) is 9.78. The molecule has 0 aliphatic rings. The normalized spacial score (nSPS) is 11.0. The number of carbonyl (C=O) groups is 1. The van der Waals surface area contributed by atoms with E-state index < -0.39 is 19.6 Å². The number of hydrogen-bond acceptors (Lipinski definition) is 5. The van der Waals surface area contributed by atoms with Crippen LogP contribution in [0.1, 0.15) is 15.9 Å². The fraction of sp³-hybridized carbons (Fsp3) is 0.500. The van der Waals surface area contributed by atoms with Gasteiger partial charge in [-0.05, 0) is 12.1 Å². The summed E-state index contributed by atoms with van der Waals surface area (Å²) in [6, 6.07) is 3.98. The highest BCUT2D eigenvalue weighted by molar-refractivity contribution is 6.76. The second-order valence-corrected chi connectivity index (χ2v) is 11.5. The van der Waals surface area contributed by atoms with Crippen LogP contribution in [0.3, 0.4) is 0 Å². The van der Waals surface area contributed by atoms with Crippen molar-refractivity contribution in [1.82, 2.24) is 4.57 Å². The summed E-state index contributed by atoms with van der Waals surface area (Å²) in [6.45, 7) is 7.26. The van der Waals surface area contributed by atoms with Crippen molar-refractivity contribution in [2.45, 2.75) is 32.4 Å². The molecule has 0 saturated carbocycles. The summed E-state index contributed by atoms with van der Waals surface area (Å²) in [7, 11) is 0.0441. The van der Waals surface area contributed by atoms with E-state index >= 15 is 0 Å². The van der Waals surface area contributed by atoms with Gasteiger partial charge in [0.25, 0.3) is 5.56 Å². The highest BCUT2D eigenvalue weighted by Crippen LogP contribution is 2.08. The number of aromatic nitrogens is 1. The molecule has 0 saturated heterocycles. The summed E-state index contributed by atoms with van der Waals surface area (Å²) >= 11 is 0. The van der Waals surface area contributed by atoms with Gasteiger partial charge in [-0.2, -0.15) is 5.26 Å². The zero-order chi connectivity index (χ0) is 16.0. The van der Waals surface area contributed by atoms with Crippen LogP contribution in [0, 0.1) is 11.3 Å². The molecule has 0 fully saturated rings. The number of hydrogen-bond donors (Lipinski definition) is 0. The van der Waals surface area contributed by atoms with Gasteiger partial charge in [0, 0.05) is 20.9 Å². The van der Waals surface area contributed by atoms with Crippen molar-refractivity contribution in [2.24, 2.45) is 0 Å². The Bertz CT molecular complexity index is 611. The molecule has 0 spiro atoms. The van der Waals surface area contributed by atoms with Gasteiger partial charge in [0.15, 0.2) is 0 Å². The molecule has 0 N–H and O–H groups in total. The Morgan fingerprint density at radius 3 is 2.62 bits per heavy atom. The van der Waals surface area contributed by atoms with Gasteiger partial charge in [-0.1, -0.05) is 19.6 Å². The number of esters is 1. The Morgan fingerprint density at radius 2 is 2.10 bits per heavy atom.